The molecule has 1 saturated heterocycles. The number of anilines is 1. The molecule has 0 aliphatic carbocycles. The highest BCUT2D eigenvalue weighted by atomic mass is 35.5. The van der Waals surface area contributed by atoms with Crippen LogP contribution in [0.15, 0.2) is 30.5 Å². The number of nitrogens with one attached hydrogen (secondary N) is 1. The number of nitrogens with zero attached hydrogens (tertiary/aromatic N) is 2. The van der Waals surface area contributed by atoms with E-state index in [0.29, 0.717) is 40.6 Å². The summed E-state index contributed by atoms with van der Waals surface area (Å²) in [5, 5.41) is 3.75. The molecule has 1 aliphatic rings. The van der Waals surface area contributed by atoms with Crippen molar-refractivity contribution in [1.29, 1.82) is 0 Å². The number of carbonyl (C=O) groups is 1. The van der Waals surface area contributed by atoms with Crippen molar-refractivity contribution < 1.29 is 14.3 Å². The molecule has 0 saturated carbocycles. The van der Waals surface area contributed by atoms with Crippen molar-refractivity contribution in [2.45, 2.75) is 6.54 Å². The molecule has 144 valence electrons. The minimum atomic E-state index is -0.283. The van der Waals surface area contributed by atoms with Crippen LogP contribution in [0.3, 0.4) is 0 Å². The van der Waals surface area contributed by atoms with Crippen molar-refractivity contribution in [3.05, 3.63) is 51.1 Å². The molecule has 1 fully saturated rings. The Bertz CT molecular complexity index is 814. The molecule has 27 heavy (non-hydrogen) atoms. The van der Waals surface area contributed by atoms with Crippen molar-refractivity contribution in [3.63, 3.8) is 0 Å². The standard InChI is InChI=1S/C18H18Cl3N3O3/c19-13-8-15(21)16(9-14(13)20)27-11-17(25)23-10-12-2-1-3-22-18(12)24-4-6-26-7-5-24/h1-3,8-9H,4-7,10-11H2,(H,23,25). The van der Waals surface area contributed by atoms with Crippen molar-refractivity contribution >= 4 is 46.5 Å². The predicted molar refractivity (Wildman–Crippen MR) is 106 cm³/mol. The van der Waals surface area contributed by atoms with E-state index in [1.54, 1.807) is 6.20 Å². The van der Waals surface area contributed by atoms with Crippen LogP contribution in [-0.4, -0.2) is 43.8 Å². The average molecular weight is 431 g/mol. The van der Waals surface area contributed by atoms with Crippen LogP contribution in [0.25, 0.3) is 0 Å². The number of amides is 1. The second-order valence-corrected chi connectivity index (χ2v) is 7.07. The summed E-state index contributed by atoms with van der Waals surface area (Å²) in [6, 6.07) is 6.74. The van der Waals surface area contributed by atoms with Gasteiger partial charge in [0.2, 0.25) is 0 Å². The van der Waals surface area contributed by atoms with Crippen molar-refractivity contribution in [1.82, 2.24) is 10.3 Å². The average Bonchev–Trinajstić information content (AvgIpc) is 2.69. The molecule has 6 nitrogen and oxygen atoms in total. The zero-order valence-corrected chi connectivity index (χ0v) is 16.7. The van der Waals surface area contributed by atoms with E-state index in [4.69, 9.17) is 44.3 Å². The summed E-state index contributed by atoms with van der Waals surface area (Å²) >= 11 is 17.9. The predicted octanol–water partition coefficient (Wildman–Crippen LogP) is 3.57. The number of pyridine rings is 1. The molecule has 9 heteroatoms. The van der Waals surface area contributed by atoms with Gasteiger partial charge in [0.25, 0.3) is 5.91 Å². The van der Waals surface area contributed by atoms with E-state index in [1.165, 1.54) is 12.1 Å². The normalized spacial score (nSPS) is 14.1. The Labute approximate surface area is 172 Å². The molecule has 2 heterocycles. The Morgan fingerprint density at radius 2 is 1.93 bits per heavy atom. The highest BCUT2D eigenvalue weighted by Gasteiger charge is 2.16. The molecule has 1 aliphatic heterocycles. The summed E-state index contributed by atoms with van der Waals surface area (Å²) < 4.78 is 10.8. The van der Waals surface area contributed by atoms with Crippen molar-refractivity contribution in [2.75, 3.05) is 37.8 Å². The molecule has 0 bridgehead atoms. The Morgan fingerprint density at radius 3 is 2.70 bits per heavy atom. The number of benzene rings is 1. The molecule has 1 amide bonds. The molecular formula is C18H18Cl3N3O3. The van der Waals surface area contributed by atoms with E-state index in [2.05, 4.69) is 15.2 Å². The number of morpholine rings is 1. The molecule has 0 radical (unpaired) electrons. The maximum Gasteiger partial charge on any atom is 0.258 e. The van der Waals surface area contributed by atoms with Crippen LogP contribution in [0.1, 0.15) is 5.56 Å². The first-order valence-electron chi connectivity index (χ1n) is 8.35. The molecule has 0 spiro atoms. The second kappa shape index (κ2) is 9.46. The van der Waals surface area contributed by atoms with Crippen LogP contribution < -0.4 is 15.0 Å². The maximum absolute atomic E-state index is 12.1. The van der Waals surface area contributed by atoms with E-state index in [0.717, 1.165) is 24.5 Å². The number of ether oxygens (including phenoxy) is 2. The highest BCUT2D eigenvalue weighted by molar-refractivity contribution is 6.43. The molecule has 2 aromatic rings. The Morgan fingerprint density at radius 1 is 1.19 bits per heavy atom. The van der Waals surface area contributed by atoms with Gasteiger partial charge in [0.05, 0.1) is 28.3 Å². The monoisotopic (exact) mass is 429 g/mol. The molecule has 0 unspecified atom stereocenters. The van der Waals surface area contributed by atoms with Crippen LogP contribution in [0.5, 0.6) is 5.75 Å². The van der Waals surface area contributed by atoms with Gasteiger partial charge >= 0.3 is 0 Å². The Hall–Kier alpha value is -1.73. The smallest absolute Gasteiger partial charge is 0.258 e. The van der Waals surface area contributed by atoms with Gasteiger partial charge < -0.3 is 19.7 Å². The Kier molecular flexibility index (Phi) is 7.01. The van der Waals surface area contributed by atoms with Crippen LogP contribution in [-0.2, 0) is 16.1 Å². The molecule has 3 rings (SSSR count). The van der Waals surface area contributed by atoms with E-state index >= 15 is 0 Å². The Balaban J connectivity index is 1.56. The third-order valence-electron chi connectivity index (χ3n) is 3.99. The quantitative estimate of drug-likeness (QED) is 0.710. The lowest BCUT2D eigenvalue weighted by Gasteiger charge is -2.29. The summed E-state index contributed by atoms with van der Waals surface area (Å²) in [7, 11) is 0. The summed E-state index contributed by atoms with van der Waals surface area (Å²) in [4.78, 5) is 18.7. The first kappa shape index (κ1) is 20.0. The lowest BCUT2D eigenvalue weighted by molar-refractivity contribution is -0.123. The molecule has 1 aromatic heterocycles. The van der Waals surface area contributed by atoms with E-state index in [9.17, 15) is 4.79 Å². The van der Waals surface area contributed by atoms with Gasteiger partial charge in [0.15, 0.2) is 6.61 Å². The summed E-state index contributed by atoms with van der Waals surface area (Å²) in [6.45, 7) is 3.04. The molecule has 0 atom stereocenters. The largest absolute Gasteiger partial charge is 0.482 e. The van der Waals surface area contributed by atoms with Gasteiger partial charge in [-0.25, -0.2) is 4.98 Å². The number of hydrogen-bond donors (Lipinski definition) is 1. The van der Waals surface area contributed by atoms with Gasteiger partial charge in [-0.1, -0.05) is 40.9 Å². The van der Waals surface area contributed by atoms with Crippen LogP contribution in [0.4, 0.5) is 5.82 Å². The SMILES string of the molecule is O=C(COc1cc(Cl)c(Cl)cc1Cl)NCc1cccnc1N1CCOCC1. The zero-order chi connectivity index (χ0) is 19.2. The maximum atomic E-state index is 12.1. The zero-order valence-electron chi connectivity index (χ0n) is 14.4. The number of aromatic nitrogens is 1. The summed E-state index contributed by atoms with van der Waals surface area (Å²) in [5.41, 5.74) is 0.931. The fourth-order valence-electron chi connectivity index (χ4n) is 2.63. The van der Waals surface area contributed by atoms with Gasteiger partial charge in [-0.05, 0) is 12.1 Å². The van der Waals surface area contributed by atoms with E-state index in [-0.39, 0.29) is 12.5 Å². The van der Waals surface area contributed by atoms with Crippen LogP contribution >= 0.6 is 34.8 Å². The van der Waals surface area contributed by atoms with E-state index in [1.807, 2.05) is 12.1 Å². The van der Waals surface area contributed by atoms with Gasteiger partial charge in [-0.3, -0.25) is 4.79 Å². The summed E-state index contributed by atoms with van der Waals surface area (Å²) in [5.74, 6) is 0.875. The first-order chi connectivity index (χ1) is 13.0. The van der Waals surface area contributed by atoms with Crippen molar-refractivity contribution in [3.8, 4) is 5.75 Å². The third-order valence-corrected chi connectivity index (χ3v) is 5.01. The molecule has 1 aromatic carbocycles. The van der Waals surface area contributed by atoms with Gasteiger partial charge in [0.1, 0.15) is 11.6 Å². The van der Waals surface area contributed by atoms with E-state index < -0.39 is 0 Å². The minimum absolute atomic E-state index is 0.190. The molecule has 1 N–H and O–H groups in total. The van der Waals surface area contributed by atoms with Crippen molar-refractivity contribution in [2.24, 2.45) is 0 Å². The second-order valence-electron chi connectivity index (χ2n) is 5.85. The number of halogens is 3. The number of rotatable bonds is 6. The fourth-order valence-corrected chi connectivity index (χ4v) is 3.22. The van der Waals surface area contributed by atoms with Crippen LogP contribution in [0, 0.1) is 0 Å². The van der Waals surface area contributed by atoms with Gasteiger partial charge in [-0.15, -0.1) is 0 Å². The first-order valence-corrected chi connectivity index (χ1v) is 9.48. The topological polar surface area (TPSA) is 63.7 Å². The lowest BCUT2D eigenvalue weighted by atomic mass is 10.2. The van der Waals surface area contributed by atoms with Crippen LogP contribution in [0.2, 0.25) is 15.1 Å². The fraction of sp³-hybridized carbons (Fsp3) is 0.333. The third kappa shape index (κ3) is 5.39. The highest BCUT2D eigenvalue weighted by Crippen LogP contribution is 2.33. The lowest BCUT2D eigenvalue weighted by Crippen LogP contribution is -2.38. The summed E-state index contributed by atoms with van der Waals surface area (Å²) in [6.07, 6.45) is 1.74. The minimum Gasteiger partial charge on any atom is -0.482 e. The number of hydrogen-bond acceptors (Lipinski definition) is 5. The van der Waals surface area contributed by atoms with Gasteiger partial charge in [0, 0.05) is 37.5 Å². The van der Waals surface area contributed by atoms with Gasteiger partial charge in [-0.2, -0.15) is 0 Å². The molecular weight excluding hydrogens is 413 g/mol. The number of carbonyl (C=O) groups excluding carboxylic acids is 1.